The largest absolute Gasteiger partial charge is 0.444 e. The van der Waals surface area contributed by atoms with Crippen LogP contribution in [0.3, 0.4) is 0 Å². The Kier molecular flexibility index (Phi) is 6.30. The molecule has 33 heavy (non-hydrogen) atoms. The van der Waals surface area contributed by atoms with Gasteiger partial charge in [0.1, 0.15) is 11.9 Å². The monoisotopic (exact) mass is 451 g/mol. The average Bonchev–Trinajstić information content (AvgIpc) is 3.15. The lowest BCUT2D eigenvalue weighted by Crippen LogP contribution is -2.45. The van der Waals surface area contributed by atoms with Crippen molar-refractivity contribution in [3.05, 3.63) is 47.9 Å². The fourth-order valence-corrected chi connectivity index (χ4v) is 4.22. The van der Waals surface area contributed by atoms with Crippen molar-refractivity contribution in [1.29, 1.82) is 0 Å². The number of hydrogen-bond donors (Lipinski definition) is 1. The first-order chi connectivity index (χ1) is 15.6. The van der Waals surface area contributed by atoms with Crippen LogP contribution in [0.25, 0.3) is 16.8 Å². The number of fused-ring (bicyclic) bond motifs is 1. The van der Waals surface area contributed by atoms with Gasteiger partial charge in [0.05, 0.1) is 35.3 Å². The predicted molar refractivity (Wildman–Crippen MR) is 128 cm³/mol. The third-order valence-corrected chi connectivity index (χ3v) is 5.61. The molecular weight excluding hydrogens is 418 g/mol. The minimum Gasteiger partial charge on any atom is -0.444 e. The van der Waals surface area contributed by atoms with Crippen molar-refractivity contribution in [2.24, 2.45) is 0 Å². The summed E-state index contributed by atoms with van der Waals surface area (Å²) in [5.74, 6) is 0. The summed E-state index contributed by atoms with van der Waals surface area (Å²) in [6.07, 6.45) is 3.59. The van der Waals surface area contributed by atoms with E-state index in [4.69, 9.17) is 9.47 Å². The van der Waals surface area contributed by atoms with Gasteiger partial charge in [-0.15, -0.1) is 0 Å². The zero-order chi connectivity index (χ0) is 23.8. The number of amides is 1. The number of ether oxygens (including phenoxy) is 2. The van der Waals surface area contributed by atoms with Crippen LogP contribution < -0.4 is 10.2 Å². The summed E-state index contributed by atoms with van der Waals surface area (Å²) in [5, 5.41) is 7.25. The maximum absolute atomic E-state index is 12.0. The van der Waals surface area contributed by atoms with Gasteiger partial charge in [0.15, 0.2) is 0 Å². The summed E-state index contributed by atoms with van der Waals surface area (Å²) in [7, 11) is 0. The lowest BCUT2D eigenvalue weighted by atomic mass is 10.0. The molecule has 1 aliphatic heterocycles. The molecule has 1 aliphatic rings. The van der Waals surface area contributed by atoms with Crippen LogP contribution in [-0.4, -0.2) is 51.6 Å². The Bertz CT molecular complexity index is 1140. The number of aromatic nitrogens is 3. The van der Waals surface area contributed by atoms with Crippen molar-refractivity contribution < 1.29 is 14.3 Å². The minimum absolute atomic E-state index is 0.187. The Morgan fingerprint density at radius 1 is 1.21 bits per heavy atom. The topological polar surface area (TPSA) is 81.0 Å². The van der Waals surface area contributed by atoms with Gasteiger partial charge in [-0.25, -0.2) is 14.3 Å². The Morgan fingerprint density at radius 2 is 1.94 bits per heavy atom. The van der Waals surface area contributed by atoms with Gasteiger partial charge in [-0.05, 0) is 64.8 Å². The molecule has 1 fully saturated rings. The molecule has 2 atom stereocenters. The van der Waals surface area contributed by atoms with Crippen molar-refractivity contribution in [3.63, 3.8) is 0 Å². The van der Waals surface area contributed by atoms with E-state index in [0.717, 1.165) is 46.7 Å². The van der Waals surface area contributed by atoms with Crippen LogP contribution in [0.5, 0.6) is 0 Å². The summed E-state index contributed by atoms with van der Waals surface area (Å²) in [4.78, 5) is 18.9. The van der Waals surface area contributed by atoms with E-state index in [1.807, 2.05) is 44.3 Å². The number of carbonyl (C=O) groups is 1. The maximum atomic E-state index is 12.0. The van der Waals surface area contributed by atoms with E-state index in [2.05, 4.69) is 52.5 Å². The average molecular weight is 452 g/mol. The fraction of sp³-hybridized carbons (Fsp3) is 0.480. The number of carbonyl (C=O) groups excluding carboxylic acids is 1. The molecule has 1 saturated heterocycles. The van der Waals surface area contributed by atoms with Gasteiger partial charge in [-0.3, -0.25) is 0 Å². The highest BCUT2D eigenvalue weighted by Crippen LogP contribution is 2.29. The molecule has 0 bridgehead atoms. The molecule has 176 valence electrons. The van der Waals surface area contributed by atoms with Crippen molar-refractivity contribution in [2.45, 2.75) is 65.9 Å². The molecule has 3 heterocycles. The second kappa shape index (κ2) is 9.02. The highest BCUT2D eigenvalue weighted by molar-refractivity contribution is 5.80. The van der Waals surface area contributed by atoms with Crippen LogP contribution in [0.15, 0.2) is 36.8 Å². The Morgan fingerprint density at radius 3 is 2.61 bits per heavy atom. The molecule has 1 aromatic carbocycles. The number of benzene rings is 1. The standard InChI is InChI=1S/C25H33N5O3/c1-16-9-19(7-8-20(16)11-26-24(31)33-25(4,5)6)23-22-10-21(14-30(22)28-15-27-23)29-12-17(2)32-18(3)13-29/h7-10,14-15,17-18H,11-13H2,1-6H3,(H,26,31)/t17-,18+. The first-order valence-corrected chi connectivity index (χ1v) is 11.4. The summed E-state index contributed by atoms with van der Waals surface area (Å²) >= 11 is 0. The molecule has 1 N–H and O–H groups in total. The highest BCUT2D eigenvalue weighted by atomic mass is 16.6. The molecule has 0 aliphatic carbocycles. The molecule has 1 amide bonds. The van der Waals surface area contributed by atoms with E-state index in [9.17, 15) is 4.79 Å². The molecule has 0 radical (unpaired) electrons. The molecule has 0 saturated carbocycles. The second-order valence-electron chi connectivity index (χ2n) is 9.80. The number of nitrogens with zero attached hydrogens (tertiary/aromatic N) is 4. The molecule has 0 spiro atoms. The Hall–Kier alpha value is -3.13. The zero-order valence-corrected chi connectivity index (χ0v) is 20.3. The number of anilines is 1. The van der Waals surface area contributed by atoms with Gasteiger partial charge in [0, 0.05) is 25.2 Å². The highest BCUT2D eigenvalue weighted by Gasteiger charge is 2.24. The first-order valence-electron chi connectivity index (χ1n) is 11.4. The summed E-state index contributed by atoms with van der Waals surface area (Å²) in [6.45, 7) is 13.9. The Labute approximate surface area is 194 Å². The number of hydrogen-bond acceptors (Lipinski definition) is 6. The second-order valence-corrected chi connectivity index (χ2v) is 9.80. The van der Waals surface area contributed by atoms with E-state index in [-0.39, 0.29) is 12.2 Å². The third kappa shape index (κ3) is 5.45. The SMILES string of the molecule is Cc1cc(-c2ncnn3cc(N4C[C@@H](C)O[C@@H](C)C4)cc23)ccc1CNC(=O)OC(C)(C)C. The lowest BCUT2D eigenvalue weighted by Gasteiger charge is -2.36. The van der Waals surface area contributed by atoms with E-state index in [1.165, 1.54) is 0 Å². The van der Waals surface area contributed by atoms with Crippen LogP contribution in [0.1, 0.15) is 45.7 Å². The van der Waals surface area contributed by atoms with E-state index in [0.29, 0.717) is 6.54 Å². The van der Waals surface area contributed by atoms with Crippen molar-refractivity contribution in [1.82, 2.24) is 19.9 Å². The number of rotatable bonds is 4. The number of alkyl carbamates (subject to hydrolysis) is 1. The molecule has 3 aromatic rings. The van der Waals surface area contributed by atoms with Crippen LogP contribution in [0, 0.1) is 6.92 Å². The van der Waals surface area contributed by atoms with Crippen molar-refractivity contribution in [2.75, 3.05) is 18.0 Å². The van der Waals surface area contributed by atoms with E-state index < -0.39 is 11.7 Å². The van der Waals surface area contributed by atoms with Gasteiger partial charge < -0.3 is 19.7 Å². The first kappa shape index (κ1) is 23.0. The van der Waals surface area contributed by atoms with Gasteiger partial charge in [-0.1, -0.05) is 12.1 Å². The molecule has 8 nitrogen and oxygen atoms in total. The van der Waals surface area contributed by atoms with Crippen molar-refractivity contribution >= 4 is 17.3 Å². The smallest absolute Gasteiger partial charge is 0.407 e. The maximum Gasteiger partial charge on any atom is 0.407 e. The summed E-state index contributed by atoms with van der Waals surface area (Å²) in [5.41, 5.74) is 5.54. The van der Waals surface area contributed by atoms with Gasteiger partial charge >= 0.3 is 6.09 Å². The number of morpholine rings is 1. The normalized spacial score (nSPS) is 19.0. The Balaban J connectivity index is 1.56. The minimum atomic E-state index is -0.519. The van der Waals surface area contributed by atoms with E-state index >= 15 is 0 Å². The third-order valence-electron chi connectivity index (χ3n) is 5.61. The van der Waals surface area contributed by atoms with Gasteiger partial charge in [0.25, 0.3) is 0 Å². The predicted octanol–water partition coefficient (Wildman–Crippen LogP) is 4.34. The van der Waals surface area contributed by atoms with Gasteiger partial charge in [-0.2, -0.15) is 5.10 Å². The van der Waals surface area contributed by atoms with Crippen LogP contribution in [-0.2, 0) is 16.0 Å². The molecule has 2 aromatic heterocycles. The van der Waals surface area contributed by atoms with Crippen LogP contribution in [0.4, 0.5) is 10.5 Å². The quantitative estimate of drug-likeness (QED) is 0.635. The van der Waals surface area contributed by atoms with E-state index in [1.54, 1.807) is 6.33 Å². The molecule has 8 heteroatoms. The van der Waals surface area contributed by atoms with Gasteiger partial charge in [0.2, 0.25) is 0 Å². The van der Waals surface area contributed by atoms with Crippen LogP contribution >= 0.6 is 0 Å². The lowest BCUT2D eigenvalue weighted by molar-refractivity contribution is -0.00521. The van der Waals surface area contributed by atoms with Crippen LogP contribution in [0.2, 0.25) is 0 Å². The molecular formula is C25H33N5O3. The summed E-state index contributed by atoms with van der Waals surface area (Å²) in [6, 6.07) is 8.30. The molecule has 0 unspecified atom stereocenters. The number of aryl methyl sites for hydroxylation is 1. The number of nitrogens with one attached hydrogen (secondary N) is 1. The fourth-order valence-electron chi connectivity index (χ4n) is 4.22. The molecule has 4 rings (SSSR count). The zero-order valence-electron chi connectivity index (χ0n) is 20.3. The summed E-state index contributed by atoms with van der Waals surface area (Å²) < 4.78 is 13.1. The van der Waals surface area contributed by atoms with Crippen molar-refractivity contribution in [3.8, 4) is 11.3 Å².